The monoisotopic (exact) mass is 239 g/mol. The van der Waals surface area contributed by atoms with Crippen molar-refractivity contribution in [3.63, 3.8) is 0 Å². The van der Waals surface area contributed by atoms with Crippen molar-refractivity contribution in [1.29, 1.82) is 0 Å². The summed E-state index contributed by atoms with van der Waals surface area (Å²) in [5.74, 6) is 1.56. The van der Waals surface area contributed by atoms with E-state index in [1.165, 1.54) is 0 Å². The quantitative estimate of drug-likeness (QED) is 0.741. The molecule has 4 nitrogen and oxygen atoms in total. The minimum atomic E-state index is -0.122. The third kappa shape index (κ3) is 3.91. The minimum absolute atomic E-state index is 0.122. The van der Waals surface area contributed by atoms with Gasteiger partial charge in [0, 0.05) is 26.2 Å². The SMILES string of the molecule is COCCCOc1cccc(OC)c1[C@H](C)N. The van der Waals surface area contributed by atoms with Gasteiger partial charge in [-0.2, -0.15) is 0 Å². The molecule has 4 heteroatoms. The summed E-state index contributed by atoms with van der Waals surface area (Å²) in [5.41, 5.74) is 6.85. The summed E-state index contributed by atoms with van der Waals surface area (Å²) in [5, 5.41) is 0. The van der Waals surface area contributed by atoms with Crippen LogP contribution in [0.3, 0.4) is 0 Å². The summed E-state index contributed by atoms with van der Waals surface area (Å²) < 4.78 is 16.0. The number of benzene rings is 1. The van der Waals surface area contributed by atoms with Crippen LogP contribution < -0.4 is 15.2 Å². The summed E-state index contributed by atoms with van der Waals surface area (Å²) >= 11 is 0. The molecular weight excluding hydrogens is 218 g/mol. The van der Waals surface area contributed by atoms with Crippen molar-refractivity contribution in [2.75, 3.05) is 27.4 Å². The average molecular weight is 239 g/mol. The first-order valence-corrected chi connectivity index (χ1v) is 5.75. The molecule has 0 aliphatic heterocycles. The molecule has 17 heavy (non-hydrogen) atoms. The molecule has 1 aromatic rings. The maximum Gasteiger partial charge on any atom is 0.127 e. The summed E-state index contributed by atoms with van der Waals surface area (Å²) in [6.07, 6.45) is 0.853. The molecule has 0 unspecified atom stereocenters. The van der Waals surface area contributed by atoms with Crippen LogP contribution in [0.15, 0.2) is 18.2 Å². The van der Waals surface area contributed by atoms with Gasteiger partial charge in [-0.05, 0) is 19.1 Å². The summed E-state index contributed by atoms with van der Waals surface area (Å²) in [6.45, 7) is 3.22. The molecule has 0 saturated carbocycles. The fraction of sp³-hybridized carbons (Fsp3) is 0.538. The van der Waals surface area contributed by atoms with Crippen LogP contribution in [0.2, 0.25) is 0 Å². The molecule has 1 aromatic carbocycles. The van der Waals surface area contributed by atoms with E-state index < -0.39 is 0 Å². The Morgan fingerprint density at radius 3 is 2.47 bits per heavy atom. The van der Waals surface area contributed by atoms with Crippen LogP contribution in [0.25, 0.3) is 0 Å². The van der Waals surface area contributed by atoms with Crippen LogP contribution in [0.5, 0.6) is 11.5 Å². The van der Waals surface area contributed by atoms with Crippen molar-refractivity contribution < 1.29 is 14.2 Å². The van der Waals surface area contributed by atoms with Gasteiger partial charge in [0.05, 0.1) is 19.3 Å². The topological polar surface area (TPSA) is 53.7 Å². The highest BCUT2D eigenvalue weighted by Crippen LogP contribution is 2.32. The molecule has 0 saturated heterocycles. The third-order valence-electron chi connectivity index (χ3n) is 2.45. The standard InChI is InChI=1S/C13H21NO3/c1-10(14)13-11(16-3)6-4-7-12(13)17-9-5-8-15-2/h4,6-7,10H,5,8-9,14H2,1-3H3/t10-/m0/s1. The highest BCUT2D eigenvalue weighted by atomic mass is 16.5. The van der Waals surface area contributed by atoms with E-state index in [9.17, 15) is 0 Å². The normalized spacial score (nSPS) is 12.2. The molecule has 0 aliphatic rings. The molecule has 0 heterocycles. The Bertz CT molecular complexity index is 339. The first kappa shape index (κ1) is 13.8. The number of nitrogens with two attached hydrogens (primary N) is 1. The number of rotatable bonds is 7. The van der Waals surface area contributed by atoms with Gasteiger partial charge in [-0.15, -0.1) is 0 Å². The Morgan fingerprint density at radius 1 is 1.18 bits per heavy atom. The number of ether oxygens (including phenoxy) is 3. The van der Waals surface area contributed by atoms with E-state index in [1.54, 1.807) is 14.2 Å². The zero-order valence-electron chi connectivity index (χ0n) is 10.7. The molecule has 1 atom stereocenters. The lowest BCUT2D eigenvalue weighted by Crippen LogP contribution is -2.11. The number of hydrogen-bond acceptors (Lipinski definition) is 4. The van der Waals surface area contributed by atoms with E-state index in [4.69, 9.17) is 19.9 Å². The van der Waals surface area contributed by atoms with Gasteiger partial charge in [0.25, 0.3) is 0 Å². The zero-order valence-corrected chi connectivity index (χ0v) is 10.7. The number of hydrogen-bond donors (Lipinski definition) is 1. The Kier molecular flexibility index (Phi) is 5.80. The maximum atomic E-state index is 5.94. The van der Waals surface area contributed by atoms with Gasteiger partial charge in [-0.1, -0.05) is 6.07 Å². The van der Waals surface area contributed by atoms with Crippen LogP contribution >= 0.6 is 0 Å². The predicted molar refractivity (Wildman–Crippen MR) is 67.6 cm³/mol. The van der Waals surface area contributed by atoms with E-state index in [0.29, 0.717) is 13.2 Å². The van der Waals surface area contributed by atoms with Gasteiger partial charge in [-0.3, -0.25) is 0 Å². The number of methoxy groups -OCH3 is 2. The van der Waals surface area contributed by atoms with Gasteiger partial charge in [0.2, 0.25) is 0 Å². The molecule has 0 radical (unpaired) electrons. The van der Waals surface area contributed by atoms with E-state index in [1.807, 2.05) is 25.1 Å². The van der Waals surface area contributed by atoms with Gasteiger partial charge in [0.15, 0.2) is 0 Å². The first-order chi connectivity index (χ1) is 8.20. The second-order valence-corrected chi connectivity index (χ2v) is 3.86. The van der Waals surface area contributed by atoms with Crippen molar-refractivity contribution >= 4 is 0 Å². The lowest BCUT2D eigenvalue weighted by atomic mass is 10.1. The molecular formula is C13H21NO3. The van der Waals surface area contributed by atoms with Crippen LogP contribution in [-0.2, 0) is 4.74 Å². The largest absolute Gasteiger partial charge is 0.496 e. The van der Waals surface area contributed by atoms with E-state index in [-0.39, 0.29) is 6.04 Å². The predicted octanol–water partition coefficient (Wildman–Crippen LogP) is 2.13. The van der Waals surface area contributed by atoms with Crippen molar-refractivity contribution in [2.24, 2.45) is 5.73 Å². The van der Waals surface area contributed by atoms with Crippen LogP contribution in [0.1, 0.15) is 24.9 Å². The van der Waals surface area contributed by atoms with Gasteiger partial charge >= 0.3 is 0 Å². The summed E-state index contributed by atoms with van der Waals surface area (Å²) in [7, 11) is 3.31. The second-order valence-electron chi connectivity index (χ2n) is 3.86. The minimum Gasteiger partial charge on any atom is -0.496 e. The van der Waals surface area contributed by atoms with Crippen LogP contribution in [-0.4, -0.2) is 27.4 Å². The molecule has 0 bridgehead atoms. The highest BCUT2D eigenvalue weighted by Gasteiger charge is 2.13. The lowest BCUT2D eigenvalue weighted by Gasteiger charge is -2.17. The fourth-order valence-corrected chi connectivity index (χ4v) is 1.66. The molecule has 0 amide bonds. The molecule has 0 aliphatic carbocycles. The zero-order chi connectivity index (χ0) is 12.7. The second kappa shape index (κ2) is 7.14. The highest BCUT2D eigenvalue weighted by molar-refractivity contribution is 5.46. The van der Waals surface area contributed by atoms with Crippen molar-refractivity contribution in [3.8, 4) is 11.5 Å². The smallest absolute Gasteiger partial charge is 0.127 e. The molecule has 0 spiro atoms. The maximum absolute atomic E-state index is 5.94. The Balaban J connectivity index is 2.76. The summed E-state index contributed by atoms with van der Waals surface area (Å²) in [4.78, 5) is 0. The van der Waals surface area contributed by atoms with Crippen molar-refractivity contribution in [3.05, 3.63) is 23.8 Å². The summed E-state index contributed by atoms with van der Waals surface area (Å²) in [6, 6.07) is 5.58. The van der Waals surface area contributed by atoms with Crippen LogP contribution in [0, 0.1) is 0 Å². The molecule has 0 fully saturated rings. The van der Waals surface area contributed by atoms with Gasteiger partial charge < -0.3 is 19.9 Å². The molecule has 2 N–H and O–H groups in total. The lowest BCUT2D eigenvalue weighted by molar-refractivity contribution is 0.171. The van der Waals surface area contributed by atoms with Gasteiger partial charge in [0.1, 0.15) is 11.5 Å². The third-order valence-corrected chi connectivity index (χ3v) is 2.45. The average Bonchev–Trinajstić information content (AvgIpc) is 2.33. The van der Waals surface area contributed by atoms with E-state index in [0.717, 1.165) is 23.5 Å². The fourth-order valence-electron chi connectivity index (χ4n) is 1.66. The van der Waals surface area contributed by atoms with Crippen molar-refractivity contribution in [1.82, 2.24) is 0 Å². The molecule has 0 aromatic heterocycles. The van der Waals surface area contributed by atoms with E-state index in [2.05, 4.69) is 0 Å². The van der Waals surface area contributed by atoms with Crippen molar-refractivity contribution in [2.45, 2.75) is 19.4 Å². The Hall–Kier alpha value is -1.26. The van der Waals surface area contributed by atoms with Crippen LogP contribution in [0.4, 0.5) is 0 Å². The first-order valence-electron chi connectivity index (χ1n) is 5.75. The van der Waals surface area contributed by atoms with E-state index >= 15 is 0 Å². The Labute approximate surface area is 103 Å². The Morgan fingerprint density at radius 2 is 1.88 bits per heavy atom. The van der Waals surface area contributed by atoms with Gasteiger partial charge in [-0.25, -0.2) is 0 Å². The molecule has 96 valence electrons. The molecule has 1 rings (SSSR count).